The number of carboxylic acids is 1. The van der Waals surface area contributed by atoms with Crippen LogP contribution >= 0.6 is 0 Å². The van der Waals surface area contributed by atoms with Crippen LogP contribution in [0.1, 0.15) is 31.7 Å². The Kier molecular flexibility index (Phi) is 6.61. The van der Waals surface area contributed by atoms with Crippen molar-refractivity contribution in [2.75, 3.05) is 19.7 Å². The molecule has 24 heavy (non-hydrogen) atoms. The number of carbonyl (C=O) groups is 2. The molecule has 0 heterocycles. The normalized spacial score (nSPS) is 15.1. The number of nitrogens with zero attached hydrogens (tertiary/aromatic N) is 1. The summed E-state index contributed by atoms with van der Waals surface area (Å²) in [7, 11) is 0. The van der Waals surface area contributed by atoms with Crippen LogP contribution in [0.4, 0.5) is 0 Å². The van der Waals surface area contributed by atoms with Gasteiger partial charge in [0.1, 0.15) is 11.8 Å². The Morgan fingerprint density at radius 1 is 1.42 bits per heavy atom. The molecule has 1 atom stereocenters. The van der Waals surface area contributed by atoms with Crippen molar-refractivity contribution in [3.05, 3.63) is 29.8 Å². The molecule has 0 bridgehead atoms. The number of aryl methyl sites for hydroxylation is 1. The Bertz CT molecular complexity index is 572. The number of carboxylic acid groups (broad SMARTS) is 1. The van der Waals surface area contributed by atoms with E-state index in [1.165, 1.54) is 0 Å². The second-order valence-corrected chi connectivity index (χ2v) is 6.29. The fourth-order valence-corrected chi connectivity index (χ4v) is 2.55. The van der Waals surface area contributed by atoms with Gasteiger partial charge in [-0.05, 0) is 50.8 Å². The largest absolute Gasteiger partial charge is 0.494 e. The quantitative estimate of drug-likeness (QED) is 0.638. The molecule has 6 nitrogen and oxygen atoms in total. The van der Waals surface area contributed by atoms with E-state index in [0.29, 0.717) is 19.6 Å². The Hall–Kier alpha value is -2.08. The van der Waals surface area contributed by atoms with Gasteiger partial charge in [-0.3, -0.25) is 14.5 Å². The fourth-order valence-electron chi connectivity index (χ4n) is 2.55. The Labute approximate surface area is 142 Å². The molecule has 2 N–H and O–H groups in total. The van der Waals surface area contributed by atoms with Gasteiger partial charge in [-0.1, -0.05) is 12.1 Å². The summed E-state index contributed by atoms with van der Waals surface area (Å²) in [6.45, 7) is 4.82. The first-order valence-electron chi connectivity index (χ1n) is 8.42. The van der Waals surface area contributed by atoms with E-state index >= 15 is 0 Å². The fraction of sp³-hybridized carbons (Fsp3) is 0.556. The van der Waals surface area contributed by atoms with Crippen LogP contribution in [0.2, 0.25) is 0 Å². The second kappa shape index (κ2) is 8.68. The minimum atomic E-state index is -0.888. The predicted molar refractivity (Wildman–Crippen MR) is 91.1 cm³/mol. The Balaban J connectivity index is 1.64. The van der Waals surface area contributed by atoms with Gasteiger partial charge in [-0.2, -0.15) is 0 Å². The van der Waals surface area contributed by atoms with Crippen LogP contribution in [-0.2, 0) is 9.59 Å². The molecule has 1 amide bonds. The molecule has 6 heteroatoms. The van der Waals surface area contributed by atoms with Crippen molar-refractivity contribution >= 4 is 11.9 Å². The lowest BCUT2D eigenvalue weighted by Crippen LogP contribution is -2.46. The molecule has 0 spiro atoms. The van der Waals surface area contributed by atoms with E-state index in [1.807, 2.05) is 31.2 Å². The van der Waals surface area contributed by atoms with E-state index < -0.39 is 12.0 Å². The molecular weight excluding hydrogens is 308 g/mol. The first-order chi connectivity index (χ1) is 11.5. The Morgan fingerprint density at radius 2 is 2.17 bits per heavy atom. The van der Waals surface area contributed by atoms with Crippen LogP contribution < -0.4 is 10.1 Å². The van der Waals surface area contributed by atoms with Gasteiger partial charge in [0.15, 0.2) is 0 Å². The number of hydrogen-bond acceptors (Lipinski definition) is 4. The maximum atomic E-state index is 12.0. The number of nitrogens with one attached hydrogen (secondary N) is 1. The van der Waals surface area contributed by atoms with E-state index in [9.17, 15) is 9.59 Å². The van der Waals surface area contributed by atoms with E-state index in [0.717, 1.165) is 24.2 Å². The molecular formula is C18H26N2O4. The first kappa shape index (κ1) is 18.3. The molecule has 1 unspecified atom stereocenters. The standard InChI is InChI=1S/C18H26N2O4/c1-13-5-3-6-16(11-13)24-10-4-9-19-17(21)12-20(15-7-8-15)14(2)18(22)23/h3,5-6,11,14-15H,4,7-10,12H2,1-2H3,(H,19,21)(H,22,23). The van der Waals surface area contributed by atoms with Gasteiger partial charge in [0.25, 0.3) is 0 Å². The molecule has 132 valence electrons. The summed E-state index contributed by atoms with van der Waals surface area (Å²) in [5.74, 6) is -0.191. The lowest BCUT2D eigenvalue weighted by atomic mass is 10.2. The van der Waals surface area contributed by atoms with Crippen molar-refractivity contribution in [2.45, 2.75) is 45.2 Å². The van der Waals surface area contributed by atoms with Gasteiger partial charge in [0.05, 0.1) is 13.2 Å². The first-order valence-corrected chi connectivity index (χ1v) is 8.42. The van der Waals surface area contributed by atoms with Gasteiger partial charge in [0, 0.05) is 12.6 Å². The minimum Gasteiger partial charge on any atom is -0.494 e. The number of benzene rings is 1. The van der Waals surface area contributed by atoms with Gasteiger partial charge in [0.2, 0.25) is 5.91 Å². The van der Waals surface area contributed by atoms with Crippen LogP contribution in [-0.4, -0.2) is 53.7 Å². The van der Waals surface area contributed by atoms with Gasteiger partial charge >= 0.3 is 5.97 Å². The highest BCUT2D eigenvalue weighted by atomic mass is 16.5. The summed E-state index contributed by atoms with van der Waals surface area (Å²) in [6.07, 6.45) is 2.64. The topological polar surface area (TPSA) is 78.9 Å². The summed E-state index contributed by atoms with van der Waals surface area (Å²) in [5, 5.41) is 12.0. The number of ether oxygens (including phenoxy) is 1. The smallest absolute Gasteiger partial charge is 0.320 e. The maximum absolute atomic E-state index is 12.0. The summed E-state index contributed by atoms with van der Waals surface area (Å²) in [4.78, 5) is 24.9. The molecule has 1 saturated carbocycles. The minimum absolute atomic E-state index is 0.134. The summed E-state index contributed by atoms with van der Waals surface area (Å²) >= 11 is 0. The maximum Gasteiger partial charge on any atom is 0.320 e. The third-order valence-corrected chi connectivity index (χ3v) is 4.10. The summed E-state index contributed by atoms with van der Waals surface area (Å²) in [6, 6.07) is 7.44. The zero-order valence-corrected chi connectivity index (χ0v) is 14.3. The van der Waals surface area contributed by atoms with Crippen LogP contribution in [0, 0.1) is 6.92 Å². The molecule has 0 radical (unpaired) electrons. The lowest BCUT2D eigenvalue weighted by molar-refractivity contribution is -0.143. The third kappa shape index (κ3) is 5.85. The number of carbonyl (C=O) groups excluding carboxylic acids is 1. The van der Waals surface area contributed by atoms with E-state index in [-0.39, 0.29) is 18.5 Å². The molecule has 1 aliphatic rings. The van der Waals surface area contributed by atoms with Crippen molar-refractivity contribution < 1.29 is 19.4 Å². The average molecular weight is 334 g/mol. The van der Waals surface area contributed by atoms with Crippen LogP contribution in [0.3, 0.4) is 0 Å². The number of hydrogen-bond donors (Lipinski definition) is 2. The summed E-state index contributed by atoms with van der Waals surface area (Å²) in [5.41, 5.74) is 1.15. The van der Waals surface area contributed by atoms with Crippen LogP contribution in [0.5, 0.6) is 5.75 Å². The second-order valence-electron chi connectivity index (χ2n) is 6.29. The molecule has 1 aromatic rings. The molecule has 0 aliphatic heterocycles. The van der Waals surface area contributed by atoms with Crippen molar-refractivity contribution in [1.29, 1.82) is 0 Å². The number of rotatable bonds is 10. The van der Waals surface area contributed by atoms with Crippen molar-refractivity contribution in [3.63, 3.8) is 0 Å². The van der Waals surface area contributed by atoms with Crippen molar-refractivity contribution in [3.8, 4) is 5.75 Å². The lowest BCUT2D eigenvalue weighted by Gasteiger charge is -2.25. The molecule has 1 aliphatic carbocycles. The van der Waals surface area contributed by atoms with Crippen LogP contribution in [0.25, 0.3) is 0 Å². The molecule has 1 fully saturated rings. The van der Waals surface area contributed by atoms with Crippen molar-refractivity contribution in [2.24, 2.45) is 0 Å². The molecule has 1 aromatic carbocycles. The number of aliphatic carboxylic acids is 1. The van der Waals surface area contributed by atoms with Crippen LogP contribution in [0.15, 0.2) is 24.3 Å². The zero-order valence-electron chi connectivity index (χ0n) is 14.3. The molecule has 0 saturated heterocycles. The summed E-state index contributed by atoms with van der Waals surface area (Å²) < 4.78 is 5.63. The van der Waals surface area contributed by atoms with Gasteiger partial charge < -0.3 is 15.2 Å². The van der Waals surface area contributed by atoms with E-state index in [4.69, 9.17) is 9.84 Å². The molecule has 2 rings (SSSR count). The van der Waals surface area contributed by atoms with Crippen molar-refractivity contribution in [1.82, 2.24) is 10.2 Å². The Morgan fingerprint density at radius 3 is 2.79 bits per heavy atom. The third-order valence-electron chi connectivity index (χ3n) is 4.10. The highest BCUT2D eigenvalue weighted by Crippen LogP contribution is 2.28. The predicted octanol–water partition coefficient (Wildman–Crippen LogP) is 1.82. The highest BCUT2D eigenvalue weighted by molar-refractivity contribution is 5.79. The highest BCUT2D eigenvalue weighted by Gasteiger charge is 2.35. The monoisotopic (exact) mass is 334 g/mol. The number of amides is 1. The van der Waals surface area contributed by atoms with E-state index in [2.05, 4.69) is 5.32 Å². The molecule has 0 aromatic heterocycles. The van der Waals surface area contributed by atoms with Gasteiger partial charge in [-0.25, -0.2) is 0 Å². The van der Waals surface area contributed by atoms with E-state index in [1.54, 1.807) is 11.8 Å². The average Bonchev–Trinajstić information content (AvgIpc) is 3.36. The zero-order chi connectivity index (χ0) is 17.5. The SMILES string of the molecule is Cc1cccc(OCCCNC(=O)CN(C2CC2)C(C)C(=O)O)c1. The van der Waals surface area contributed by atoms with Gasteiger partial charge in [-0.15, -0.1) is 0 Å².